The second kappa shape index (κ2) is 3.26. The molecule has 0 N–H and O–H groups in total. The van der Waals surface area contributed by atoms with Gasteiger partial charge in [-0.25, -0.2) is 0 Å². The molecule has 3 heteroatoms. The fourth-order valence-corrected chi connectivity index (χ4v) is 2.96. The van der Waals surface area contributed by atoms with Crippen LogP contribution in [0.2, 0.25) is 0 Å². The average molecular weight is 364 g/mol. The van der Waals surface area contributed by atoms with Crippen LogP contribution in [0, 0.1) is 0 Å². The van der Waals surface area contributed by atoms with Crippen molar-refractivity contribution in [3.05, 3.63) is 7.16 Å². The summed E-state index contributed by atoms with van der Waals surface area (Å²) < 4.78 is 6.91. The minimum atomic E-state index is -0.00227. The van der Waals surface area contributed by atoms with Crippen LogP contribution >= 0.6 is 45.2 Å². The maximum atomic E-state index is 5.55. The number of ether oxygens (including phenoxy) is 1. The highest BCUT2D eigenvalue weighted by atomic mass is 127. The van der Waals surface area contributed by atoms with Crippen LogP contribution in [0.1, 0.15) is 20.3 Å². The van der Waals surface area contributed by atoms with Gasteiger partial charge in [-0.05, 0) is 71.0 Å². The molecule has 10 heavy (non-hydrogen) atoms. The predicted octanol–water partition coefficient (Wildman–Crippen LogP) is 3.27. The molecule has 0 bridgehead atoms. The average Bonchev–Trinajstić information content (AvgIpc) is 2.08. The highest BCUT2D eigenvalue weighted by Crippen LogP contribution is 2.37. The molecule has 1 aliphatic rings. The zero-order valence-electron chi connectivity index (χ0n) is 6.08. The number of halogens is 2. The van der Waals surface area contributed by atoms with Crippen molar-refractivity contribution in [2.24, 2.45) is 0 Å². The molecule has 1 saturated heterocycles. The number of hydrogen-bond acceptors (Lipinski definition) is 1. The maximum absolute atomic E-state index is 5.55. The van der Waals surface area contributed by atoms with Crippen molar-refractivity contribution >= 4 is 45.2 Å². The standard InChI is InChI=1S/C7H10I2O/c1-7(2)5(6(8)9)3-4-10-7/h3-4H2,1-2H3. The van der Waals surface area contributed by atoms with Gasteiger partial charge in [0.15, 0.2) is 0 Å². The van der Waals surface area contributed by atoms with Gasteiger partial charge in [0.2, 0.25) is 0 Å². The van der Waals surface area contributed by atoms with Crippen molar-refractivity contribution in [3.8, 4) is 0 Å². The third-order valence-corrected chi connectivity index (χ3v) is 3.07. The summed E-state index contributed by atoms with van der Waals surface area (Å²) in [6.07, 6.45) is 1.11. The van der Waals surface area contributed by atoms with Crippen LogP contribution in [0.15, 0.2) is 7.16 Å². The van der Waals surface area contributed by atoms with E-state index in [1.54, 1.807) is 0 Å². The number of hydrogen-bond donors (Lipinski definition) is 0. The van der Waals surface area contributed by atoms with E-state index in [2.05, 4.69) is 59.0 Å². The first-order chi connectivity index (χ1) is 4.54. The molecule has 1 aliphatic heterocycles. The lowest BCUT2D eigenvalue weighted by atomic mass is 10.0. The van der Waals surface area contributed by atoms with Crippen LogP contribution in [0.3, 0.4) is 0 Å². The molecule has 0 spiro atoms. The maximum Gasteiger partial charge on any atom is 0.0854 e. The van der Waals surface area contributed by atoms with E-state index in [1.165, 1.54) is 7.16 Å². The molecule has 0 aromatic carbocycles. The van der Waals surface area contributed by atoms with Gasteiger partial charge in [-0.1, -0.05) is 0 Å². The van der Waals surface area contributed by atoms with E-state index in [-0.39, 0.29) is 5.60 Å². The summed E-state index contributed by atoms with van der Waals surface area (Å²) in [6, 6.07) is 0. The molecule has 0 amide bonds. The van der Waals surface area contributed by atoms with Gasteiger partial charge in [0.25, 0.3) is 0 Å². The van der Waals surface area contributed by atoms with Crippen LogP contribution < -0.4 is 0 Å². The van der Waals surface area contributed by atoms with Crippen molar-refractivity contribution in [2.75, 3.05) is 6.61 Å². The first kappa shape index (κ1) is 9.25. The van der Waals surface area contributed by atoms with E-state index in [4.69, 9.17) is 4.74 Å². The van der Waals surface area contributed by atoms with E-state index in [0.717, 1.165) is 13.0 Å². The first-order valence-corrected chi connectivity index (χ1v) is 5.38. The third-order valence-electron chi connectivity index (χ3n) is 1.77. The lowest BCUT2D eigenvalue weighted by molar-refractivity contribution is 0.0553. The molecule has 1 heterocycles. The van der Waals surface area contributed by atoms with Crippen LogP contribution in [-0.4, -0.2) is 12.2 Å². The summed E-state index contributed by atoms with van der Waals surface area (Å²) in [7, 11) is 0. The summed E-state index contributed by atoms with van der Waals surface area (Å²) in [5, 5.41) is 0. The smallest absolute Gasteiger partial charge is 0.0854 e. The molecular weight excluding hydrogens is 354 g/mol. The quantitative estimate of drug-likeness (QED) is 0.600. The van der Waals surface area contributed by atoms with Crippen LogP contribution in [-0.2, 0) is 4.74 Å². The zero-order chi connectivity index (χ0) is 7.78. The molecule has 1 fully saturated rings. The SMILES string of the molecule is CC1(C)OCCC1=C(I)I. The fourth-order valence-electron chi connectivity index (χ4n) is 1.12. The Hall–Kier alpha value is 1.16. The van der Waals surface area contributed by atoms with Gasteiger partial charge in [-0.3, -0.25) is 0 Å². The van der Waals surface area contributed by atoms with Gasteiger partial charge in [0.05, 0.1) is 13.8 Å². The lowest BCUT2D eigenvalue weighted by Crippen LogP contribution is -2.19. The molecule has 0 aromatic heterocycles. The zero-order valence-corrected chi connectivity index (χ0v) is 10.4. The van der Waals surface area contributed by atoms with E-state index in [9.17, 15) is 0 Å². The minimum absolute atomic E-state index is 0.00227. The second-order valence-corrected chi connectivity index (χ2v) is 7.07. The predicted molar refractivity (Wildman–Crippen MR) is 59.7 cm³/mol. The van der Waals surface area contributed by atoms with Crippen LogP contribution in [0.4, 0.5) is 0 Å². The summed E-state index contributed by atoms with van der Waals surface area (Å²) in [5.74, 6) is 0. The minimum Gasteiger partial charge on any atom is -0.371 e. The van der Waals surface area contributed by atoms with Gasteiger partial charge >= 0.3 is 0 Å². The van der Waals surface area contributed by atoms with E-state index < -0.39 is 0 Å². The van der Waals surface area contributed by atoms with Crippen molar-refractivity contribution < 1.29 is 4.74 Å². The monoisotopic (exact) mass is 364 g/mol. The first-order valence-electron chi connectivity index (χ1n) is 3.22. The normalized spacial score (nSPS) is 23.4. The van der Waals surface area contributed by atoms with E-state index in [1.807, 2.05) is 0 Å². The number of rotatable bonds is 0. The molecule has 1 rings (SSSR count). The summed E-state index contributed by atoms with van der Waals surface area (Å²) in [4.78, 5) is 0. The summed E-state index contributed by atoms with van der Waals surface area (Å²) >= 11 is 4.71. The highest BCUT2D eigenvalue weighted by Gasteiger charge is 2.31. The van der Waals surface area contributed by atoms with Gasteiger partial charge in [0, 0.05) is 0 Å². The molecule has 0 radical (unpaired) electrons. The Morgan fingerprint density at radius 2 is 2.10 bits per heavy atom. The fraction of sp³-hybridized carbons (Fsp3) is 0.714. The summed E-state index contributed by atoms with van der Waals surface area (Å²) in [6.45, 7) is 5.15. The van der Waals surface area contributed by atoms with Gasteiger partial charge in [0.1, 0.15) is 0 Å². The molecular formula is C7H10I2O. The van der Waals surface area contributed by atoms with Crippen molar-refractivity contribution in [2.45, 2.75) is 25.9 Å². The largest absolute Gasteiger partial charge is 0.371 e. The molecule has 1 nitrogen and oxygen atoms in total. The Balaban J connectivity index is 2.89. The van der Waals surface area contributed by atoms with Gasteiger partial charge in [-0.2, -0.15) is 0 Å². The Kier molecular flexibility index (Phi) is 3.02. The molecule has 0 aliphatic carbocycles. The van der Waals surface area contributed by atoms with Crippen molar-refractivity contribution in [1.29, 1.82) is 0 Å². The van der Waals surface area contributed by atoms with Crippen LogP contribution in [0.25, 0.3) is 0 Å². The molecule has 58 valence electrons. The molecule has 0 aromatic rings. The van der Waals surface area contributed by atoms with Crippen molar-refractivity contribution in [1.82, 2.24) is 0 Å². The van der Waals surface area contributed by atoms with Gasteiger partial charge in [-0.15, -0.1) is 0 Å². The third kappa shape index (κ3) is 1.85. The highest BCUT2D eigenvalue weighted by molar-refractivity contribution is 14.2. The van der Waals surface area contributed by atoms with Crippen LogP contribution in [0.5, 0.6) is 0 Å². The Bertz CT molecular complexity index is 168. The van der Waals surface area contributed by atoms with Crippen molar-refractivity contribution in [3.63, 3.8) is 0 Å². The molecule has 0 saturated carbocycles. The van der Waals surface area contributed by atoms with E-state index >= 15 is 0 Å². The molecule has 0 unspecified atom stereocenters. The van der Waals surface area contributed by atoms with Gasteiger partial charge < -0.3 is 4.74 Å². The second-order valence-electron chi connectivity index (χ2n) is 2.85. The summed E-state index contributed by atoms with van der Waals surface area (Å²) in [5.41, 5.74) is 1.45. The lowest BCUT2D eigenvalue weighted by Gasteiger charge is -2.18. The molecule has 0 atom stereocenters. The Morgan fingerprint density at radius 1 is 1.50 bits per heavy atom. The van der Waals surface area contributed by atoms with E-state index in [0.29, 0.717) is 0 Å². The topological polar surface area (TPSA) is 9.23 Å². The Labute approximate surface area is 88.9 Å². The Morgan fingerprint density at radius 3 is 2.30 bits per heavy atom.